The van der Waals surface area contributed by atoms with Crippen LogP contribution < -0.4 is 0 Å². The van der Waals surface area contributed by atoms with Crippen LogP contribution in [0, 0.1) is 17.0 Å². The first kappa shape index (κ1) is 16.0. The van der Waals surface area contributed by atoms with E-state index in [4.69, 9.17) is 4.74 Å². The van der Waals surface area contributed by atoms with Crippen molar-refractivity contribution in [1.82, 2.24) is 0 Å². The highest BCUT2D eigenvalue weighted by molar-refractivity contribution is 7.99. The first-order chi connectivity index (χ1) is 10.5. The third-order valence-corrected chi connectivity index (χ3v) is 3.91. The van der Waals surface area contributed by atoms with E-state index in [1.807, 2.05) is 31.2 Å². The molecule has 0 saturated heterocycles. The molecular weight excluding hydrogens is 302 g/mol. The van der Waals surface area contributed by atoms with Crippen LogP contribution in [0.3, 0.4) is 0 Å². The molecule has 0 saturated carbocycles. The predicted octanol–water partition coefficient (Wildman–Crippen LogP) is 4.23. The topological polar surface area (TPSA) is 69.4 Å². The van der Waals surface area contributed by atoms with Gasteiger partial charge in [0.2, 0.25) is 0 Å². The van der Waals surface area contributed by atoms with E-state index >= 15 is 0 Å². The van der Waals surface area contributed by atoms with Crippen LogP contribution in [0.5, 0.6) is 0 Å². The molecule has 0 aliphatic heterocycles. The number of aryl methyl sites for hydroxylation is 1. The average Bonchev–Trinajstić information content (AvgIpc) is 2.49. The molecule has 114 valence electrons. The van der Waals surface area contributed by atoms with Gasteiger partial charge in [-0.15, -0.1) is 0 Å². The summed E-state index contributed by atoms with van der Waals surface area (Å²) in [5, 5.41) is 11.0. The molecule has 2 aromatic rings. The van der Waals surface area contributed by atoms with Gasteiger partial charge in [0.05, 0.1) is 11.5 Å². The third-order valence-electron chi connectivity index (χ3n) is 2.92. The van der Waals surface area contributed by atoms with Gasteiger partial charge in [0.15, 0.2) is 0 Å². The van der Waals surface area contributed by atoms with Gasteiger partial charge in [-0.25, -0.2) is 4.79 Å². The van der Waals surface area contributed by atoms with Crippen LogP contribution in [-0.4, -0.2) is 17.5 Å². The molecule has 0 fully saturated rings. The number of benzene rings is 2. The SMILES string of the molecule is CCOC(=O)c1cc(Sc2ccc(C)cc2)ccc1[N+](=O)[O-]. The number of ether oxygens (including phenoxy) is 1. The fourth-order valence-electron chi connectivity index (χ4n) is 1.85. The number of hydrogen-bond acceptors (Lipinski definition) is 5. The summed E-state index contributed by atoms with van der Waals surface area (Å²) >= 11 is 1.44. The van der Waals surface area contributed by atoms with Crippen molar-refractivity contribution in [3.05, 3.63) is 63.7 Å². The van der Waals surface area contributed by atoms with E-state index in [0.717, 1.165) is 15.4 Å². The number of esters is 1. The van der Waals surface area contributed by atoms with Crippen molar-refractivity contribution in [2.45, 2.75) is 23.6 Å². The van der Waals surface area contributed by atoms with Gasteiger partial charge in [-0.3, -0.25) is 10.1 Å². The van der Waals surface area contributed by atoms with Crippen LogP contribution in [0.4, 0.5) is 5.69 Å². The molecule has 0 bridgehead atoms. The Morgan fingerprint density at radius 3 is 2.41 bits per heavy atom. The highest BCUT2D eigenvalue weighted by Gasteiger charge is 2.21. The lowest BCUT2D eigenvalue weighted by molar-refractivity contribution is -0.385. The molecule has 0 aliphatic rings. The summed E-state index contributed by atoms with van der Waals surface area (Å²) in [4.78, 5) is 24.1. The molecule has 0 amide bonds. The van der Waals surface area contributed by atoms with Gasteiger partial charge in [0.25, 0.3) is 5.69 Å². The fraction of sp³-hybridized carbons (Fsp3) is 0.188. The smallest absolute Gasteiger partial charge is 0.345 e. The van der Waals surface area contributed by atoms with Gasteiger partial charge in [0.1, 0.15) is 5.56 Å². The number of rotatable bonds is 5. The van der Waals surface area contributed by atoms with E-state index in [9.17, 15) is 14.9 Å². The zero-order valence-electron chi connectivity index (χ0n) is 12.2. The Bertz CT molecular complexity index is 698. The minimum atomic E-state index is -0.680. The minimum absolute atomic E-state index is 0.0241. The van der Waals surface area contributed by atoms with Crippen LogP contribution in [0.1, 0.15) is 22.8 Å². The van der Waals surface area contributed by atoms with E-state index < -0.39 is 10.9 Å². The Hall–Kier alpha value is -2.34. The summed E-state index contributed by atoms with van der Waals surface area (Å²) in [6, 6.07) is 12.4. The second-order valence-electron chi connectivity index (χ2n) is 4.57. The quantitative estimate of drug-likeness (QED) is 0.469. The third kappa shape index (κ3) is 3.85. The summed E-state index contributed by atoms with van der Waals surface area (Å²) in [5.41, 5.74) is 0.885. The van der Waals surface area contributed by atoms with E-state index in [-0.39, 0.29) is 17.9 Å². The van der Waals surface area contributed by atoms with Gasteiger partial charge in [-0.1, -0.05) is 29.5 Å². The molecular formula is C16H15NO4S. The molecule has 0 spiro atoms. The van der Waals surface area contributed by atoms with Crippen molar-refractivity contribution in [3.8, 4) is 0 Å². The molecule has 0 aliphatic carbocycles. The molecule has 0 heterocycles. The van der Waals surface area contributed by atoms with Crippen molar-refractivity contribution in [2.24, 2.45) is 0 Å². The van der Waals surface area contributed by atoms with Gasteiger partial charge in [-0.05, 0) is 38.1 Å². The van der Waals surface area contributed by atoms with Gasteiger partial charge in [-0.2, -0.15) is 0 Å². The van der Waals surface area contributed by atoms with Crippen LogP contribution in [0.2, 0.25) is 0 Å². The Morgan fingerprint density at radius 2 is 1.82 bits per heavy atom. The highest BCUT2D eigenvalue weighted by Crippen LogP contribution is 2.31. The van der Waals surface area contributed by atoms with Crippen molar-refractivity contribution >= 4 is 23.4 Å². The minimum Gasteiger partial charge on any atom is -0.462 e. The Labute approximate surface area is 132 Å². The van der Waals surface area contributed by atoms with E-state index in [2.05, 4.69) is 0 Å². The first-order valence-corrected chi connectivity index (χ1v) is 7.53. The van der Waals surface area contributed by atoms with E-state index in [0.29, 0.717) is 0 Å². The van der Waals surface area contributed by atoms with Crippen molar-refractivity contribution < 1.29 is 14.5 Å². The molecule has 5 nitrogen and oxygen atoms in total. The lowest BCUT2D eigenvalue weighted by Gasteiger charge is -2.06. The molecule has 2 aromatic carbocycles. The van der Waals surface area contributed by atoms with E-state index in [1.54, 1.807) is 13.0 Å². The molecule has 0 unspecified atom stereocenters. The van der Waals surface area contributed by atoms with Gasteiger partial charge >= 0.3 is 5.97 Å². The maximum Gasteiger partial charge on any atom is 0.345 e. The molecule has 6 heteroatoms. The number of nitrogens with zero attached hydrogens (tertiary/aromatic N) is 1. The number of nitro benzene ring substituents is 1. The summed E-state index contributed by atoms with van der Waals surface area (Å²) in [7, 11) is 0. The zero-order chi connectivity index (χ0) is 16.1. The van der Waals surface area contributed by atoms with Crippen LogP contribution in [0.15, 0.2) is 52.3 Å². The van der Waals surface area contributed by atoms with Crippen molar-refractivity contribution in [3.63, 3.8) is 0 Å². The summed E-state index contributed by atoms with van der Waals surface area (Å²) in [6.07, 6.45) is 0. The second-order valence-corrected chi connectivity index (χ2v) is 5.72. The molecule has 0 aromatic heterocycles. The maximum atomic E-state index is 11.9. The Kier molecular flexibility index (Phi) is 5.16. The highest BCUT2D eigenvalue weighted by atomic mass is 32.2. The fourth-order valence-corrected chi connectivity index (χ4v) is 2.71. The molecule has 0 N–H and O–H groups in total. The molecule has 2 rings (SSSR count). The van der Waals surface area contributed by atoms with Crippen LogP contribution in [0.25, 0.3) is 0 Å². The first-order valence-electron chi connectivity index (χ1n) is 6.71. The van der Waals surface area contributed by atoms with E-state index in [1.165, 1.54) is 23.9 Å². The van der Waals surface area contributed by atoms with Crippen LogP contribution >= 0.6 is 11.8 Å². The molecule has 22 heavy (non-hydrogen) atoms. The lowest BCUT2D eigenvalue weighted by atomic mass is 10.2. The molecule has 0 radical (unpaired) electrons. The Balaban J connectivity index is 2.33. The standard InChI is InChI=1S/C16H15NO4S/c1-3-21-16(18)14-10-13(8-9-15(14)17(19)20)22-12-6-4-11(2)5-7-12/h4-10H,3H2,1-2H3. The predicted molar refractivity (Wildman–Crippen MR) is 84.4 cm³/mol. The zero-order valence-corrected chi connectivity index (χ0v) is 13.1. The van der Waals surface area contributed by atoms with Crippen LogP contribution in [-0.2, 0) is 4.74 Å². The average molecular weight is 317 g/mol. The van der Waals surface area contributed by atoms with Crippen molar-refractivity contribution in [2.75, 3.05) is 6.61 Å². The normalized spacial score (nSPS) is 10.3. The van der Waals surface area contributed by atoms with Gasteiger partial charge in [0, 0.05) is 15.9 Å². The van der Waals surface area contributed by atoms with Crippen molar-refractivity contribution in [1.29, 1.82) is 0 Å². The number of carbonyl (C=O) groups is 1. The Morgan fingerprint density at radius 1 is 1.18 bits per heavy atom. The lowest BCUT2D eigenvalue weighted by Crippen LogP contribution is -2.08. The largest absolute Gasteiger partial charge is 0.462 e. The monoisotopic (exact) mass is 317 g/mol. The maximum absolute atomic E-state index is 11.9. The van der Waals surface area contributed by atoms with Gasteiger partial charge < -0.3 is 4.74 Å². The number of nitro groups is 1. The summed E-state index contributed by atoms with van der Waals surface area (Å²) < 4.78 is 4.89. The summed E-state index contributed by atoms with van der Waals surface area (Å²) in [6.45, 7) is 3.83. The number of carbonyl (C=O) groups excluding carboxylic acids is 1. The summed E-state index contributed by atoms with van der Waals surface area (Å²) in [5.74, 6) is -0.680. The number of hydrogen-bond donors (Lipinski definition) is 0. The second kappa shape index (κ2) is 7.09. The molecule has 0 atom stereocenters.